The molecule has 1 saturated heterocycles. The number of halogens is 1. The number of pyridine rings is 1. The highest BCUT2D eigenvalue weighted by Crippen LogP contribution is 2.60. The molecule has 3 saturated carbocycles. The molecule has 3 aliphatic carbocycles. The first-order valence-electron chi connectivity index (χ1n) is 13.0. The van der Waals surface area contributed by atoms with Crippen molar-refractivity contribution in [2.24, 2.45) is 30.7 Å². The van der Waals surface area contributed by atoms with Crippen molar-refractivity contribution in [2.75, 3.05) is 13.7 Å². The third-order valence-electron chi connectivity index (χ3n) is 9.24. The van der Waals surface area contributed by atoms with Gasteiger partial charge in [0.1, 0.15) is 16.9 Å². The number of rotatable bonds is 5. The van der Waals surface area contributed by atoms with Crippen LogP contribution in [0.15, 0.2) is 30.5 Å². The molecule has 4 heterocycles. The Labute approximate surface area is 214 Å². The third kappa shape index (κ3) is 2.83. The van der Waals surface area contributed by atoms with Crippen LogP contribution in [0.5, 0.6) is 5.75 Å². The maximum atomic E-state index is 13.6. The van der Waals surface area contributed by atoms with Crippen molar-refractivity contribution in [3.63, 3.8) is 0 Å². The van der Waals surface area contributed by atoms with Gasteiger partial charge in [0.15, 0.2) is 5.82 Å². The molecule has 4 aliphatic rings. The number of fused-ring (bicyclic) bond motifs is 2. The maximum absolute atomic E-state index is 13.6. The lowest BCUT2D eigenvalue weighted by Gasteiger charge is -2.52. The molecule has 4 fully saturated rings. The Morgan fingerprint density at radius 1 is 1.17 bits per heavy atom. The van der Waals surface area contributed by atoms with E-state index in [0.29, 0.717) is 34.2 Å². The topological polar surface area (TPSA) is 65.2 Å². The summed E-state index contributed by atoms with van der Waals surface area (Å²) in [6.45, 7) is 1.81. The lowest BCUT2D eigenvalue weighted by molar-refractivity contribution is -0.0204. The van der Waals surface area contributed by atoms with E-state index in [1.54, 1.807) is 13.3 Å². The van der Waals surface area contributed by atoms with Crippen LogP contribution in [0.2, 0.25) is 5.02 Å². The Hall–Kier alpha value is -3.06. The monoisotopic (exact) mass is 501 g/mol. The zero-order valence-corrected chi connectivity index (χ0v) is 21.2. The fourth-order valence-corrected chi connectivity index (χ4v) is 7.40. The van der Waals surface area contributed by atoms with E-state index in [1.165, 1.54) is 25.7 Å². The molecule has 1 aliphatic heterocycles. The number of hydrogen-bond donors (Lipinski definition) is 0. The molecule has 0 radical (unpaired) electrons. The van der Waals surface area contributed by atoms with Gasteiger partial charge in [0.05, 0.1) is 23.3 Å². The summed E-state index contributed by atoms with van der Waals surface area (Å²) in [6, 6.07) is 8.37. The predicted octanol–water partition coefficient (Wildman–Crippen LogP) is 5.14. The number of aromatic nitrogens is 4. The van der Waals surface area contributed by atoms with Gasteiger partial charge in [-0.1, -0.05) is 11.6 Å². The summed E-state index contributed by atoms with van der Waals surface area (Å²) in [5, 5.41) is 1.64. The average molecular weight is 502 g/mol. The number of carbonyl (C=O) groups is 1. The number of likely N-dealkylation sites (tertiary alicyclic amines) is 1. The number of aryl methyl sites for hydroxylation is 1. The van der Waals surface area contributed by atoms with Gasteiger partial charge in [-0.2, -0.15) is 0 Å². The number of carbonyl (C=O) groups excluding carboxylic acids is 1. The zero-order valence-electron chi connectivity index (χ0n) is 20.4. The van der Waals surface area contributed by atoms with Crippen LogP contribution in [0.25, 0.3) is 33.6 Å². The molecular weight excluding hydrogens is 474 g/mol. The van der Waals surface area contributed by atoms with Crippen molar-refractivity contribution >= 4 is 39.6 Å². The highest BCUT2D eigenvalue weighted by molar-refractivity contribution is 6.31. The fourth-order valence-electron chi connectivity index (χ4n) is 7.23. The molecule has 1 amide bonds. The molecule has 7 nitrogen and oxygen atoms in total. The van der Waals surface area contributed by atoms with Crippen molar-refractivity contribution in [3.05, 3.63) is 41.0 Å². The molecule has 8 rings (SSSR count). The molecule has 4 atom stereocenters. The van der Waals surface area contributed by atoms with Gasteiger partial charge in [0.2, 0.25) is 0 Å². The van der Waals surface area contributed by atoms with Gasteiger partial charge in [0, 0.05) is 43.3 Å². The lowest BCUT2D eigenvalue weighted by Crippen LogP contribution is -2.53. The molecule has 0 bridgehead atoms. The number of benzene rings is 1. The van der Waals surface area contributed by atoms with Crippen molar-refractivity contribution in [1.29, 1.82) is 0 Å². The molecule has 1 unspecified atom stereocenters. The normalized spacial score (nSPS) is 26.2. The molecule has 8 heteroatoms. The van der Waals surface area contributed by atoms with Gasteiger partial charge in [0.25, 0.3) is 5.91 Å². The molecule has 0 N–H and O–H groups in total. The highest BCUT2D eigenvalue weighted by Gasteiger charge is 2.61. The van der Waals surface area contributed by atoms with Crippen LogP contribution in [0, 0.1) is 23.7 Å². The number of nitrogens with zero attached hydrogens (tertiary/aromatic N) is 5. The minimum atomic E-state index is 0.113. The molecular formula is C28H28ClN5O2. The third-order valence-corrected chi connectivity index (χ3v) is 9.45. The summed E-state index contributed by atoms with van der Waals surface area (Å²) in [4.78, 5) is 25.5. The summed E-state index contributed by atoms with van der Waals surface area (Å²) in [6.07, 6.45) is 6.67. The molecule has 3 aromatic heterocycles. The quantitative estimate of drug-likeness (QED) is 0.379. The molecule has 184 valence electrons. The minimum absolute atomic E-state index is 0.113. The van der Waals surface area contributed by atoms with Crippen LogP contribution in [-0.4, -0.2) is 49.6 Å². The van der Waals surface area contributed by atoms with Crippen LogP contribution < -0.4 is 4.74 Å². The Bertz CT molecular complexity index is 1580. The van der Waals surface area contributed by atoms with Crippen LogP contribution in [0.4, 0.5) is 0 Å². The van der Waals surface area contributed by atoms with Crippen LogP contribution in [0.3, 0.4) is 0 Å². The second kappa shape index (κ2) is 7.25. The first-order chi connectivity index (χ1) is 17.5. The number of ether oxygens (including phenoxy) is 1. The number of amides is 1. The van der Waals surface area contributed by atoms with Gasteiger partial charge in [-0.3, -0.25) is 4.79 Å². The minimum Gasteiger partial charge on any atom is -0.494 e. The Kier molecular flexibility index (Phi) is 4.24. The van der Waals surface area contributed by atoms with Crippen molar-refractivity contribution in [2.45, 2.75) is 38.3 Å². The second-order valence-electron chi connectivity index (χ2n) is 11.3. The summed E-state index contributed by atoms with van der Waals surface area (Å²) < 4.78 is 10.2. The standard InChI is InChI=1S/C28H28ClN5O2/c1-32-25-20(7-17(10-23(25)36-2)28(35)34-13-18-5-15-8-21(34)24(15)18)31-27(32)22-9-16-6-19(29)11-30-26(16)33(22)12-14-3-4-14/h6-7,9-11,14-15,18,21,24H,3-5,8,12-13H2,1-2H3/t15?,18-,21-,24-/m1/s1. The Morgan fingerprint density at radius 2 is 2.03 bits per heavy atom. The van der Waals surface area contributed by atoms with E-state index in [-0.39, 0.29) is 5.91 Å². The number of methoxy groups -OCH3 is 1. The fraction of sp³-hybridized carbons (Fsp3) is 0.464. The van der Waals surface area contributed by atoms with E-state index in [0.717, 1.165) is 58.5 Å². The highest BCUT2D eigenvalue weighted by atomic mass is 35.5. The maximum Gasteiger partial charge on any atom is 0.254 e. The van der Waals surface area contributed by atoms with E-state index < -0.39 is 0 Å². The average Bonchev–Trinajstić information content (AvgIpc) is 3.53. The first kappa shape index (κ1) is 21.1. The van der Waals surface area contributed by atoms with Gasteiger partial charge in [-0.25, -0.2) is 9.97 Å². The van der Waals surface area contributed by atoms with Gasteiger partial charge < -0.3 is 18.8 Å². The lowest BCUT2D eigenvalue weighted by atomic mass is 9.53. The van der Waals surface area contributed by atoms with Gasteiger partial charge in [-0.15, -0.1) is 0 Å². The van der Waals surface area contributed by atoms with Gasteiger partial charge >= 0.3 is 0 Å². The summed E-state index contributed by atoms with van der Waals surface area (Å²) >= 11 is 6.27. The van der Waals surface area contributed by atoms with Crippen LogP contribution in [-0.2, 0) is 13.6 Å². The summed E-state index contributed by atoms with van der Waals surface area (Å²) in [5.41, 5.74) is 4.28. The van der Waals surface area contributed by atoms with Crippen LogP contribution >= 0.6 is 11.6 Å². The van der Waals surface area contributed by atoms with E-state index >= 15 is 0 Å². The zero-order chi connectivity index (χ0) is 24.3. The number of hydrogen-bond acceptors (Lipinski definition) is 4. The van der Waals surface area contributed by atoms with Gasteiger partial charge in [-0.05, 0) is 73.6 Å². The van der Waals surface area contributed by atoms with E-state index in [2.05, 4.69) is 25.1 Å². The Balaban J connectivity index is 1.25. The number of imidazole rings is 1. The molecule has 36 heavy (non-hydrogen) atoms. The summed E-state index contributed by atoms with van der Waals surface area (Å²) in [5.74, 6) is 4.62. The summed E-state index contributed by atoms with van der Waals surface area (Å²) in [7, 11) is 3.68. The van der Waals surface area contributed by atoms with Crippen LogP contribution in [0.1, 0.15) is 36.0 Å². The molecule has 4 aromatic rings. The first-order valence-corrected chi connectivity index (χ1v) is 13.4. The van der Waals surface area contributed by atoms with E-state index in [1.807, 2.05) is 25.2 Å². The van der Waals surface area contributed by atoms with E-state index in [9.17, 15) is 4.79 Å². The smallest absolute Gasteiger partial charge is 0.254 e. The largest absolute Gasteiger partial charge is 0.494 e. The molecule has 0 spiro atoms. The van der Waals surface area contributed by atoms with Crippen molar-refractivity contribution in [1.82, 2.24) is 24.0 Å². The molecule has 1 aromatic carbocycles. The van der Waals surface area contributed by atoms with Crippen molar-refractivity contribution in [3.8, 4) is 17.3 Å². The van der Waals surface area contributed by atoms with E-state index in [4.69, 9.17) is 21.3 Å². The second-order valence-corrected chi connectivity index (χ2v) is 11.7. The van der Waals surface area contributed by atoms with Crippen molar-refractivity contribution < 1.29 is 9.53 Å². The Morgan fingerprint density at radius 3 is 2.78 bits per heavy atom. The SMILES string of the molecule is COc1cc(C(=O)N2C[C@H]3CC4C[C@@H]2[C@H]43)cc2nc(-c3cc4cc(Cl)cnc4n3CC3CC3)n(C)c12. The predicted molar refractivity (Wildman–Crippen MR) is 138 cm³/mol.